The highest BCUT2D eigenvalue weighted by Gasteiger charge is 2.59. The molecule has 0 aromatic rings. The quantitative estimate of drug-likeness (QED) is 0.0854. The van der Waals surface area contributed by atoms with Crippen LogP contribution in [-0.4, -0.2) is 384 Å². The summed E-state index contributed by atoms with van der Waals surface area (Å²) < 4.78 is 85.9. The van der Waals surface area contributed by atoms with E-state index in [9.17, 15) is 102 Å². The molecule has 0 aromatic carbocycles. The average Bonchev–Trinajstić information content (AvgIpc) is 3.47. The molecule has 21 N–H and O–H groups in total. The molecule has 35 atom stereocenters. The number of rotatable bonds is 11. The SMILES string of the molecule is COCCNC[C@@H]1O[C@@H]2O[C@H]3[C@H](O)[C@@H](O)[C@@H](O[C@H]4[C@H](O)[C@@H](O)[C@@H](O[C@H]5[C@H](O)[C@@H](O)[C@@H](O[C@H]6[C@H](O)[C@@H](O)[C@@H](O[C@H]7[C@H](O)[C@@H](O)[C@@H](O[C@H]8[C@H](O)[C@@H](O)[C@@H](O[C@H]1[C@H](O)[C@H]2O)O[C@@H]8CO)O[C@@H]7CO)O[C@@H]6CO)O[C@@H]5CO)O[C@@H]4CO)O[C@@H]3CO. The van der Waals surface area contributed by atoms with Gasteiger partial charge in [0.15, 0.2) is 44.0 Å². The summed E-state index contributed by atoms with van der Waals surface area (Å²) in [5, 5.41) is 225. The van der Waals surface area contributed by atoms with Crippen LogP contribution < -0.4 is 5.32 Å². The van der Waals surface area contributed by atoms with Gasteiger partial charge in [0.05, 0.1) is 46.2 Å². The van der Waals surface area contributed by atoms with E-state index in [-0.39, 0.29) is 19.7 Å². The van der Waals surface area contributed by atoms with Crippen molar-refractivity contribution < 1.29 is 173 Å². The maximum atomic E-state index is 11.6. The fourth-order valence-corrected chi connectivity index (χ4v) is 10.9. The van der Waals surface area contributed by atoms with E-state index in [4.69, 9.17) is 71.1 Å². The zero-order chi connectivity index (χ0) is 58.9. The molecule has 21 heterocycles. The van der Waals surface area contributed by atoms with E-state index < -0.39 is 255 Å². The lowest BCUT2D eigenvalue weighted by Crippen LogP contribution is -2.68. The van der Waals surface area contributed by atoms with Crippen LogP contribution in [0.5, 0.6) is 0 Å². The summed E-state index contributed by atoms with van der Waals surface area (Å²) >= 11 is 0. The smallest absolute Gasteiger partial charge is 0.187 e. The van der Waals surface area contributed by atoms with Crippen LogP contribution in [0.1, 0.15) is 0 Å². The Balaban J connectivity index is 1.09. The van der Waals surface area contributed by atoms with Crippen molar-refractivity contribution in [3.8, 4) is 0 Å². The van der Waals surface area contributed by atoms with Crippen LogP contribution in [0.2, 0.25) is 0 Å². The second-order valence-corrected chi connectivity index (χ2v) is 20.7. The minimum Gasteiger partial charge on any atom is -0.394 e. The minimum absolute atomic E-state index is 0.143. The molecule has 36 nitrogen and oxygen atoms in total. The van der Waals surface area contributed by atoms with E-state index in [0.29, 0.717) is 0 Å². The molecule has 0 spiro atoms. The third-order valence-electron chi connectivity index (χ3n) is 15.4. The standard InChI is InChI=1S/C45H77NO35/c1-67-3-2-46-4-11-32-18(53)25(60)39(68-11)76-33-12(5-47)70-41(27(62)20(33)55)78-35-14(7-49)72-43(29(64)22(35)57)80-37-16(9-51)74-45(31(66)24(37)59)81-38-17(10-52)73-44(30(65)23(38)58)79-36-15(8-50)71-42(28(63)21(36)56)77-34-13(6-48)69-40(75-32)26(61)19(34)54/h11-66H,2-10H2,1H3/t11-,12+,13+,14+,15+,16+,17+,18+,19+,20+,21+,22+,23+,24+,25+,26+,27+,28+,29+,30+,31+,32+,33+,34+,35+,36+,37+,38+,39+,40+,41+,42+,43+,44+,45+/m0/s1. The molecule has 0 aromatic heterocycles. The number of hydrogen-bond acceptors (Lipinski definition) is 36. The molecule has 21 rings (SSSR count). The van der Waals surface area contributed by atoms with Gasteiger partial charge in [-0.3, -0.25) is 0 Å². The maximum Gasteiger partial charge on any atom is 0.187 e. The molecule has 0 saturated carbocycles. The highest BCUT2D eigenvalue weighted by molar-refractivity contribution is 5.02. The van der Waals surface area contributed by atoms with E-state index in [0.717, 1.165) is 0 Å². The number of aliphatic hydroxyl groups excluding tert-OH is 20. The van der Waals surface area contributed by atoms with Crippen LogP contribution in [0, 0.1) is 0 Å². The summed E-state index contributed by atoms with van der Waals surface area (Å²) in [4.78, 5) is 0. The van der Waals surface area contributed by atoms with Gasteiger partial charge in [-0.05, 0) is 0 Å². The number of nitrogens with one attached hydrogen (secondary N) is 1. The van der Waals surface area contributed by atoms with Gasteiger partial charge in [0, 0.05) is 20.2 Å². The summed E-state index contributed by atoms with van der Waals surface area (Å²) in [6, 6.07) is 0. The van der Waals surface area contributed by atoms with Gasteiger partial charge in [-0.2, -0.15) is 0 Å². The molecule has 21 saturated heterocycles. The van der Waals surface area contributed by atoms with Crippen molar-refractivity contribution >= 4 is 0 Å². The van der Waals surface area contributed by atoms with E-state index >= 15 is 0 Å². The Labute approximate surface area is 459 Å². The number of ether oxygens (including phenoxy) is 15. The lowest BCUT2D eigenvalue weighted by molar-refractivity contribution is -0.396. The van der Waals surface area contributed by atoms with Crippen LogP contribution in [0.15, 0.2) is 0 Å². The van der Waals surface area contributed by atoms with Crippen molar-refractivity contribution in [1.29, 1.82) is 0 Å². The second-order valence-electron chi connectivity index (χ2n) is 20.7. The predicted octanol–water partition coefficient (Wildman–Crippen LogP) is -15.0. The Hall–Kier alpha value is -1.44. The highest BCUT2D eigenvalue weighted by Crippen LogP contribution is 2.39. The molecule has 21 aliphatic heterocycles. The summed E-state index contributed by atoms with van der Waals surface area (Å²) in [5.74, 6) is 0. The van der Waals surface area contributed by atoms with Crippen molar-refractivity contribution in [3.63, 3.8) is 0 Å². The topological polar surface area (TPSA) is 555 Å². The molecule has 21 fully saturated rings. The van der Waals surface area contributed by atoms with Crippen molar-refractivity contribution in [1.82, 2.24) is 5.32 Å². The Kier molecular flexibility index (Phi) is 23.1. The molecular formula is C45H77NO35. The van der Waals surface area contributed by atoms with Gasteiger partial charge in [0.25, 0.3) is 0 Å². The first kappa shape index (κ1) is 65.5. The summed E-state index contributed by atoms with van der Waals surface area (Å²) in [5.41, 5.74) is 0. The van der Waals surface area contributed by atoms with Gasteiger partial charge >= 0.3 is 0 Å². The third kappa shape index (κ3) is 13.5. The lowest BCUT2D eigenvalue weighted by atomic mass is 9.95. The first-order valence-corrected chi connectivity index (χ1v) is 26.2. The Bertz CT molecular complexity index is 1890. The molecule has 81 heavy (non-hydrogen) atoms. The summed E-state index contributed by atoms with van der Waals surface area (Å²) in [7, 11) is 1.40. The number of methoxy groups -OCH3 is 1. The number of hydrogen-bond donors (Lipinski definition) is 21. The largest absolute Gasteiger partial charge is 0.394 e. The lowest BCUT2D eigenvalue weighted by Gasteiger charge is -2.50. The number of aliphatic hydroxyl groups is 20. The molecule has 0 unspecified atom stereocenters. The van der Waals surface area contributed by atoms with Crippen molar-refractivity contribution in [3.05, 3.63) is 0 Å². The van der Waals surface area contributed by atoms with Crippen molar-refractivity contribution in [2.45, 2.75) is 215 Å². The molecule has 21 aliphatic rings. The van der Waals surface area contributed by atoms with Crippen LogP contribution in [0.4, 0.5) is 0 Å². The first-order chi connectivity index (χ1) is 38.7. The summed E-state index contributed by atoms with van der Waals surface area (Å²) in [6.45, 7) is -6.17. The minimum atomic E-state index is -2.20. The van der Waals surface area contributed by atoms with Gasteiger partial charge < -0.3 is 179 Å². The normalized spacial score (nSPS) is 53.2. The van der Waals surface area contributed by atoms with Crippen LogP contribution in [0.3, 0.4) is 0 Å². The second kappa shape index (κ2) is 28.6. The van der Waals surface area contributed by atoms with E-state index in [1.165, 1.54) is 7.11 Å². The van der Waals surface area contributed by atoms with Crippen LogP contribution >= 0.6 is 0 Å². The fourth-order valence-electron chi connectivity index (χ4n) is 10.9. The van der Waals surface area contributed by atoms with Gasteiger partial charge in [-0.15, -0.1) is 0 Å². The molecule has 472 valence electrons. The average molecular weight is 1190 g/mol. The van der Waals surface area contributed by atoms with Crippen LogP contribution in [0.25, 0.3) is 0 Å². The summed E-state index contributed by atoms with van der Waals surface area (Å²) in [6.07, 6.45) is -69.1. The van der Waals surface area contributed by atoms with Crippen molar-refractivity contribution in [2.75, 3.05) is 66.4 Å². The van der Waals surface area contributed by atoms with Crippen LogP contribution in [-0.2, 0) is 71.1 Å². The van der Waals surface area contributed by atoms with Gasteiger partial charge in [-0.1, -0.05) is 0 Å². The zero-order valence-corrected chi connectivity index (χ0v) is 43.1. The Morgan fingerprint density at radius 3 is 0.605 bits per heavy atom. The highest BCUT2D eigenvalue weighted by atomic mass is 16.8. The molecule has 14 bridgehead atoms. The van der Waals surface area contributed by atoms with E-state index in [2.05, 4.69) is 5.32 Å². The van der Waals surface area contributed by atoms with E-state index in [1.54, 1.807) is 0 Å². The van der Waals surface area contributed by atoms with Crippen molar-refractivity contribution in [2.24, 2.45) is 0 Å². The van der Waals surface area contributed by atoms with Gasteiger partial charge in [-0.25, -0.2) is 0 Å². The predicted molar refractivity (Wildman–Crippen MR) is 246 cm³/mol. The molecule has 0 radical (unpaired) electrons. The van der Waals surface area contributed by atoms with Gasteiger partial charge in [0.2, 0.25) is 0 Å². The third-order valence-corrected chi connectivity index (χ3v) is 15.4. The monoisotopic (exact) mass is 1190 g/mol. The molecule has 0 amide bonds. The molecule has 0 aliphatic carbocycles. The Morgan fingerprint density at radius 2 is 0.432 bits per heavy atom. The molecule has 36 heteroatoms. The van der Waals surface area contributed by atoms with E-state index in [1.807, 2.05) is 0 Å². The molecular weight excluding hydrogens is 1110 g/mol. The maximum absolute atomic E-state index is 11.6. The zero-order valence-electron chi connectivity index (χ0n) is 43.1. The van der Waals surface area contributed by atoms with Gasteiger partial charge in [0.1, 0.15) is 171 Å². The Morgan fingerprint density at radius 1 is 0.259 bits per heavy atom. The fraction of sp³-hybridized carbons (Fsp3) is 1.00. The first-order valence-electron chi connectivity index (χ1n) is 26.2.